The monoisotopic (exact) mass is 495 g/mol. The topological polar surface area (TPSA) is 137 Å². The number of nitrogens with zero attached hydrogens (tertiary/aromatic N) is 1. The third kappa shape index (κ3) is 7.36. The Morgan fingerprint density at radius 2 is 1.83 bits per heavy atom. The van der Waals surface area contributed by atoms with E-state index in [0.717, 1.165) is 17.0 Å². The van der Waals surface area contributed by atoms with Crippen molar-refractivity contribution in [3.05, 3.63) is 53.1 Å². The lowest BCUT2D eigenvalue weighted by Gasteiger charge is -2.29. The number of rotatable bonds is 10. The first-order valence-electron chi connectivity index (χ1n) is 10.9. The molecule has 0 radical (unpaired) electrons. The highest BCUT2D eigenvalue weighted by molar-refractivity contribution is 5.96. The second kappa shape index (κ2) is 11.6. The van der Waals surface area contributed by atoms with Gasteiger partial charge < -0.3 is 25.6 Å². The second-order valence-electron chi connectivity index (χ2n) is 8.04. The Bertz CT molecular complexity index is 1090. The number of anilines is 1. The maximum atomic E-state index is 13.8. The van der Waals surface area contributed by atoms with Crippen LogP contribution in [0.25, 0.3) is 0 Å². The summed E-state index contributed by atoms with van der Waals surface area (Å²) >= 11 is 0. The van der Waals surface area contributed by atoms with E-state index in [1.807, 2.05) is 0 Å². The Morgan fingerprint density at radius 3 is 2.43 bits per heavy atom. The summed E-state index contributed by atoms with van der Waals surface area (Å²) in [6, 6.07) is 7.46. The zero-order chi connectivity index (χ0) is 26.3. The standard InChI is InChI=1S/C24H28F3N3O5/c1-3-35-21(34)10-9-20(33)30(17-5-4-6-19(32)22(17)24(25,26)27)13-14(2)11-16-12-15(23(28)29)7-8-18(16)31/h4-8,12,14,31-32H,3,9-11,13H2,1-2H3,(H3,28,29). The van der Waals surface area contributed by atoms with Crippen molar-refractivity contribution in [2.24, 2.45) is 11.7 Å². The van der Waals surface area contributed by atoms with Gasteiger partial charge >= 0.3 is 12.1 Å². The number of carbonyl (C=O) groups is 2. The summed E-state index contributed by atoms with van der Waals surface area (Å²) in [6.45, 7) is 3.15. The fourth-order valence-electron chi connectivity index (χ4n) is 3.62. The first kappa shape index (κ1) is 27.5. The number of nitrogens with one attached hydrogen (secondary N) is 1. The molecule has 1 unspecified atom stereocenters. The van der Waals surface area contributed by atoms with Gasteiger partial charge in [0.1, 0.15) is 22.9 Å². The molecular formula is C24H28F3N3O5. The summed E-state index contributed by atoms with van der Waals surface area (Å²) in [5.41, 5.74) is 4.35. The SMILES string of the molecule is CCOC(=O)CCC(=O)N(CC(C)Cc1cc(C(=N)N)ccc1O)c1cccc(O)c1C(F)(F)F. The predicted molar refractivity (Wildman–Crippen MR) is 123 cm³/mol. The van der Waals surface area contributed by atoms with Gasteiger partial charge in [-0.2, -0.15) is 13.2 Å². The number of amidine groups is 1. The maximum Gasteiger partial charge on any atom is 0.421 e. The number of hydrogen-bond donors (Lipinski definition) is 4. The molecule has 5 N–H and O–H groups in total. The van der Waals surface area contributed by atoms with E-state index < -0.39 is 47.4 Å². The normalized spacial score (nSPS) is 12.1. The Hall–Kier alpha value is -3.76. The first-order chi connectivity index (χ1) is 16.3. The smallest absolute Gasteiger partial charge is 0.421 e. The number of esters is 1. The van der Waals surface area contributed by atoms with Crippen LogP contribution in [0.15, 0.2) is 36.4 Å². The molecule has 1 atom stereocenters. The Morgan fingerprint density at radius 1 is 1.14 bits per heavy atom. The molecule has 35 heavy (non-hydrogen) atoms. The molecule has 0 saturated carbocycles. The van der Waals surface area contributed by atoms with E-state index in [0.29, 0.717) is 11.1 Å². The Kier molecular flexibility index (Phi) is 9.10. The lowest BCUT2D eigenvalue weighted by molar-refractivity contribution is -0.144. The molecule has 2 aromatic carbocycles. The number of alkyl halides is 3. The van der Waals surface area contributed by atoms with Crippen LogP contribution < -0.4 is 10.6 Å². The average molecular weight is 495 g/mol. The molecule has 0 bridgehead atoms. The van der Waals surface area contributed by atoms with Crippen LogP contribution in [0.1, 0.15) is 43.4 Å². The van der Waals surface area contributed by atoms with Crippen molar-refractivity contribution in [2.75, 3.05) is 18.1 Å². The molecule has 0 aliphatic heterocycles. The van der Waals surface area contributed by atoms with E-state index in [1.165, 1.54) is 24.3 Å². The molecule has 2 aromatic rings. The molecular weight excluding hydrogens is 467 g/mol. The summed E-state index contributed by atoms with van der Waals surface area (Å²) in [5, 5.41) is 27.7. The van der Waals surface area contributed by atoms with E-state index in [9.17, 15) is 33.0 Å². The maximum absolute atomic E-state index is 13.8. The molecule has 0 spiro atoms. The van der Waals surface area contributed by atoms with Crippen LogP contribution in [0.5, 0.6) is 11.5 Å². The fraction of sp³-hybridized carbons (Fsp3) is 0.375. The molecule has 0 saturated heterocycles. The zero-order valence-corrected chi connectivity index (χ0v) is 19.4. The molecule has 0 fully saturated rings. The van der Waals surface area contributed by atoms with Gasteiger partial charge in [-0.1, -0.05) is 13.0 Å². The minimum atomic E-state index is -4.95. The quantitative estimate of drug-likeness (QED) is 0.224. The highest BCUT2D eigenvalue weighted by Gasteiger charge is 2.39. The molecule has 0 aliphatic carbocycles. The van der Waals surface area contributed by atoms with Crippen LogP contribution in [0.3, 0.4) is 0 Å². The van der Waals surface area contributed by atoms with Crippen molar-refractivity contribution in [1.29, 1.82) is 5.41 Å². The number of carbonyl (C=O) groups excluding carboxylic acids is 2. The molecule has 8 nitrogen and oxygen atoms in total. The van der Waals surface area contributed by atoms with Gasteiger partial charge in [-0.25, -0.2) is 0 Å². The number of nitrogen functional groups attached to an aromatic ring is 1. The molecule has 1 amide bonds. The van der Waals surface area contributed by atoms with Gasteiger partial charge in [0.05, 0.1) is 18.7 Å². The largest absolute Gasteiger partial charge is 0.508 e. The Balaban J connectivity index is 2.40. The lowest BCUT2D eigenvalue weighted by Crippen LogP contribution is -2.37. The molecule has 0 aromatic heterocycles. The number of phenolic OH excluding ortho intramolecular Hbond substituents is 2. The number of halogens is 3. The van der Waals surface area contributed by atoms with Crippen LogP contribution in [0, 0.1) is 11.3 Å². The molecule has 11 heteroatoms. The molecule has 0 aliphatic rings. The van der Waals surface area contributed by atoms with E-state index in [-0.39, 0.29) is 37.6 Å². The summed E-state index contributed by atoms with van der Waals surface area (Å²) in [6.07, 6.45) is -5.52. The van der Waals surface area contributed by atoms with Crippen LogP contribution in [-0.2, 0) is 26.9 Å². The van der Waals surface area contributed by atoms with Gasteiger partial charge in [0.15, 0.2) is 0 Å². The van der Waals surface area contributed by atoms with Crippen molar-refractivity contribution in [1.82, 2.24) is 0 Å². The first-order valence-corrected chi connectivity index (χ1v) is 10.9. The number of hydrogen-bond acceptors (Lipinski definition) is 6. The summed E-state index contributed by atoms with van der Waals surface area (Å²) in [5.74, 6) is -3.23. The van der Waals surface area contributed by atoms with E-state index in [4.69, 9.17) is 15.9 Å². The van der Waals surface area contributed by atoms with Crippen molar-refractivity contribution < 1.29 is 37.7 Å². The van der Waals surface area contributed by atoms with Crippen LogP contribution in [0.4, 0.5) is 18.9 Å². The number of phenols is 2. The van der Waals surface area contributed by atoms with Crippen LogP contribution in [-0.4, -0.2) is 41.1 Å². The van der Waals surface area contributed by atoms with E-state index in [2.05, 4.69) is 0 Å². The molecule has 2 rings (SSSR count). The third-order valence-electron chi connectivity index (χ3n) is 5.20. The average Bonchev–Trinajstić information content (AvgIpc) is 2.76. The number of aromatic hydroxyl groups is 2. The molecule has 190 valence electrons. The zero-order valence-electron chi connectivity index (χ0n) is 19.4. The summed E-state index contributed by atoms with van der Waals surface area (Å²) < 4.78 is 46.1. The van der Waals surface area contributed by atoms with Crippen molar-refractivity contribution >= 4 is 23.4 Å². The van der Waals surface area contributed by atoms with Gasteiger partial charge in [-0.3, -0.25) is 15.0 Å². The fourth-order valence-corrected chi connectivity index (χ4v) is 3.62. The summed E-state index contributed by atoms with van der Waals surface area (Å²) in [7, 11) is 0. The number of benzene rings is 2. The minimum Gasteiger partial charge on any atom is -0.508 e. The third-order valence-corrected chi connectivity index (χ3v) is 5.20. The van der Waals surface area contributed by atoms with Crippen molar-refractivity contribution in [3.8, 4) is 11.5 Å². The van der Waals surface area contributed by atoms with Crippen molar-refractivity contribution in [3.63, 3.8) is 0 Å². The molecule has 0 heterocycles. The van der Waals surface area contributed by atoms with Crippen molar-refractivity contribution in [2.45, 2.75) is 39.3 Å². The minimum absolute atomic E-state index is 0.0876. The summed E-state index contributed by atoms with van der Waals surface area (Å²) in [4.78, 5) is 25.6. The number of ether oxygens (including phenoxy) is 1. The van der Waals surface area contributed by atoms with Gasteiger partial charge in [0.2, 0.25) is 5.91 Å². The van der Waals surface area contributed by atoms with Gasteiger partial charge in [0.25, 0.3) is 0 Å². The Labute approximate surface area is 200 Å². The van der Waals surface area contributed by atoms with Crippen LogP contribution >= 0.6 is 0 Å². The van der Waals surface area contributed by atoms with Gasteiger partial charge in [-0.05, 0) is 55.2 Å². The highest BCUT2D eigenvalue weighted by atomic mass is 19.4. The van der Waals surface area contributed by atoms with Gasteiger partial charge in [0, 0.05) is 18.5 Å². The predicted octanol–water partition coefficient (Wildman–Crippen LogP) is 3.96. The number of nitrogens with two attached hydrogens (primary N) is 1. The lowest BCUT2D eigenvalue weighted by atomic mass is 9.97. The van der Waals surface area contributed by atoms with Crippen LogP contribution in [0.2, 0.25) is 0 Å². The second-order valence-corrected chi connectivity index (χ2v) is 8.04. The van der Waals surface area contributed by atoms with E-state index >= 15 is 0 Å². The number of amides is 1. The van der Waals surface area contributed by atoms with Gasteiger partial charge in [-0.15, -0.1) is 0 Å². The van der Waals surface area contributed by atoms with E-state index in [1.54, 1.807) is 13.8 Å². The highest BCUT2D eigenvalue weighted by Crippen LogP contribution is 2.42.